The first-order chi connectivity index (χ1) is 16.4. The van der Waals surface area contributed by atoms with E-state index in [1.165, 1.54) is 10.6 Å². The highest BCUT2D eigenvalue weighted by molar-refractivity contribution is 5.82. The summed E-state index contributed by atoms with van der Waals surface area (Å²) < 4.78 is 27.1. The van der Waals surface area contributed by atoms with Gasteiger partial charge in [0, 0.05) is 32.6 Å². The summed E-state index contributed by atoms with van der Waals surface area (Å²) in [6, 6.07) is 11.1. The summed E-state index contributed by atoms with van der Waals surface area (Å²) in [6.45, 7) is 1.37. The fraction of sp³-hybridized carbons (Fsp3) is 0.375. The van der Waals surface area contributed by atoms with E-state index in [0.29, 0.717) is 41.9 Å². The maximum Gasteiger partial charge on any atom is 0.419 e. The second-order valence-electron chi connectivity index (χ2n) is 8.28. The summed E-state index contributed by atoms with van der Waals surface area (Å²) in [5.41, 5.74) is 2.71. The van der Waals surface area contributed by atoms with Crippen LogP contribution in [-0.4, -0.2) is 55.4 Å². The third kappa shape index (κ3) is 5.02. The first kappa shape index (κ1) is 23.6. The molecular formula is C24H26FN5O4. The second-order valence-corrected chi connectivity index (χ2v) is 8.28. The van der Waals surface area contributed by atoms with Crippen molar-refractivity contribution < 1.29 is 18.3 Å². The molecule has 1 amide bonds. The Balaban J connectivity index is 1.45. The molecule has 0 radical (unpaired) electrons. The van der Waals surface area contributed by atoms with Crippen LogP contribution < -0.4 is 21.7 Å². The quantitative estimate of drug-likeness (QED) is 0.496. The predicted octanol–water partition coefficient (Wildman–Crippen LogP) is 1.06. The number of amides is 1. The van der Waals surface area contributed by atoms with E-state index in [1.807, 2.05) is 13.1 Å². The van der Waals surface area contributed by atoms with Crippen LogP contribution in [0.5, 0.6) is 0 Å². The molecule has 4 rings (SSSR count). The van der Waals surface area contributed by atoms with Gasteiger partial charge in [-0.25, -0.2) is 9.18 Å². The molecule has 1 aliphatic rings. The molecule has 34 heavy (non-hydrogen) atoms. The van der Waals surface area contributed by atoms with Gasteiger partial charge in [0.25, 0.3) is 5.91 Å². The van der Waals surface area contributed by atoms with E-state index >= 15 is 0 Å². The van der Waals surface area contributed by atoms with E-state index < -0.39 is 29.6 Å². The van der Waals surface area contributed by atoms with E-state index in [0.717, 1.165) is 5.56 Å². The molecule has 3 aromatic rings. The molecule has 178 valence electrons. The molecule has 2 aromatic carbocycles. The molecule has 9 nitrogen and oxygen atoms in total. The van der Waals surface area contributed by atoms with Gasteiger partial charge in [0.1, 0.15) is 18.0 Å². The minimum absolute atomic E-state index is 0.0168. The zero-order valence-electron chi connectivity index (χ0n) is 18.9. The SMILES string of the molecule is CN[C@@H]1CNC[C@@H](C(=O)NC(C#N)Cc2ccc(-c3ccc4oc(=O)n(C)c4c3)cc2F)OC1. The van der Waals surface area contributed by atoms with E-state index in [-0.39, 0.29) is 12.5 Å². The summed E-state index contributed by atoms with van der Waals surface area (Å²) in [6.07, 6.45) is -0.710. The molecule has 0 bridgehead atoms. The summed E-state index contributed by atoms with van der Waals surface area (Å²) in [5.74, 6) is -1.37. The van der Waals surface area contributed by atoms with E-state index in [4.69, 9.17) is 9.15 Å². The van der Waals surface area contributed by atoms with Crippen LogP contribution in [0.25, 0.3) is 22.2 Å². The molecule has 2 heterocycles. The Hall–Kier alpha value is -3.52. The van der Waals surface area contributed by atoms with Gasteiger partial charge in [-0.05, 0) is 41.9 Å². The topological polar surface area (TPSA) is 121 Å². The number of hydrogen-bond acceptors (Lipinski definition) is 7. The zero-order chi connectivity index (χ0) is 24.2. The van der Waals surface area contributed by atoms with Crippen molar-refractivity contribution in [2.24, 2.45) is 7.05 Å². The molecule has 0 spiro atoms. The van der Waals surface area contributed by atoms with Gasteiger partial charge >= 0.3 is 5.76 Å². The monoisotopic (exact) mass is 467 g/mol. The Kier molecular flexibility index (Phi) is 7.07. The number of ether oxygens (including phenoxy) is 1. The van der Waals surface area contributed by atoms with Crippen LogP contribution in [-0.2, 0) is 23.0 Å². The Labute approximate surface area is 195 Å². The Bertz CT molecular complexity index is 1290. The van der Waals surface area contributed by atoms with Crippen molar-refractivity contribution in [1.82, 2.24) is 20.5 Å². The fourth-order valence-corrected chi connectivity index (χ4v) is 3.90. The van der Waals surface area contributed by atoms with Crippen LogP contribution in [0, 0.1) is 17.1 Å². The molecule has 1 aliphatic heterocycles. The molecule has 1 saturated heterocycles. The van der Waals surface area contributed by atoms with Gasteiger partial charge in [0.15, 0.2) is 5.58 Å². The van der Waals surface area contributed by atoms with Crippen LogP contribution in [0.4, 0.5) is 4.39 Å². The largest absolute Gasteiger partial charge is 0.419 e. The Morgan fingerprint density at radius 3 is 2.79 bits per heavy atom. The normalized spacial score (nSPS) is 19.4. The third-order valence-electron chi connectivity index (χ3n) is 5.99. The number of halogens is 1. The van der Waals surface area contributed by atoms with Crippen molar-refractivity contribution >= 4 is 17.0 Å². The van der Waals surface area contributed by atoms with E-state index in [1.54, 1.807) is 37.4 Å². The molecule has 1 fully saturated rings. The first-order valence-electron chi connectivity index (χ1n) is 11.0. The number of likely N-dealkylation sites (N-methyl/N-ethyl adjacent to an activating group) is 1. The summed E-state index contributed by atoms with van der Waals surface area (Å²) >= 11 is 0. The number of carbonyl (C=O) groups excluding carboxylic acids is 1. The van der Waals surface area contributed by atoms with Gasteiger partial charge in [-0.3, -0.25) is 9.36 Å². The van der Waals surface area contributed by atoms with Crippen molar-refractivity contribution in [3.63, 3.8) is 0 Å². The van der Waals surface area contributed by atoms with Gasteiger partial charge < -0.3 is 25.1 Å². The number of fused-ring (bicyclic) bond motifs is 1. The minimum atomic E-state index is -0.906. The average molecular weight is 468 g/mol. The molecular weight excluding hydrogens is 441 g/mol. The molecule has 1 aromatic heterocycles. The Morgan fingerprint density at radius 1 is 1.29 bits per heavy atom. The number of nitrogens with one attached hydrogen (secondary N) is 3. The van der Waals surface area contributed by atoms with Gasteiger partial charge in [-0.1, -0.05) is 18.2 Å². The molecule has 3 N–H and O–H groups in total. The lowest BCUT2D eigenvalue weighted by molar-refractivity contribution is -0.132. The molecule has 0 saturated carbocycles. The number of oxazole rings is 1. The second kappa shape index (κ2) is 10.2. The molecule has 0 aliphatic carbocycles. The summed E-state index contributed by atoms with van der Waals surface area (Å²) in [7, 11) is 3.42. The maximum atomic E-state index is 14.9. The van der Waals surface area contributed by atoms with Crippen molar-refractivity contribution in [2.45, 2.75) is 24.6 Å². The van der Waals surface area contributed by atoms with Gasteiger partial charge in [-0.2, -0.15) is 5.26 Å². The van der Waals surface area contributed by atoms with E-state index in [9.17, 15) is 19.2 Å². The lowest BCUT2D eigenvalue weighted by Gasteiger charge is -2.18. The van der Waals surface area contributed by atoms with Crippen molar-refractivity contribution in [2.75, 3.05) is 26.7 Å². The number of aromatic nitrogens is 1. The third-order valence-corrected chi connectivity index (χ3v) is 5.99. The van der Waals surface area contributed by atoms with Crippen LogP contribution in [0.1, 0.15) is 5.56 Å². The average Bonchev–Trinajstić information content (AvgIpc) is 3.00. The van der Waals surface area contributed by atoms with Crippen LogP contribution >= 0.6 is 0 Å². The number of carbonyl (C=O) groups is 1. The zero-order valence-corrected chi connectivity index (χ0v) is 18.9. The van der Waals surface area contributed by atoms with Crippen LogP contribution in [0.2, 0.25) is 0 Å². The maximum absolute atomic E-state index is 14.9. The van der Waals surface area contributed by atoms with Crippen molar-refractivity contribution in [3.05, 3.63) is 58.3 Å². The fourth-order valence-electron chi connectivity index (χ4n) is 3.90. The number of rotatable bonds is 6. The molecule has 1 unspecified atom stereocenters. The van der Waals surface area contributed by atoms with Crippen molar-refractivity contribution in [3.8, 4) is 17.2 Å². The standard InChI is InChI=1S/C24H26FN5O4/c1-27-18-11-28-12-22(33-13-18)23(31)29-17(10-26)7-16-4-3-14(8-19(16)25)15-5-6-21-20(9-15)30(2)24(32)34-21/h3-6,8-9,17-18,22,27-28H,7,11-13H2,1-2H3,(H,29,31)/t17?,18-,22+/m1/s1. The van der Waals surface area contributed by atoms with E-state index in [2.05, 4.69) is 16.0 Å². The number of nitrogens with zero attached hydrogens (tertiary/aromatic N) is 2. The number of benzene rings is 2. The number of hydrogen-bond donors (Lipinski definition) is 3. The molecule has 10 heteroatoms. The van der Waals surface area contributed by atoms with Crippen LogP contribution in [0.3, 0.4) is 0 Å². The lowest BCUT2D eigenvalue weighted by Crippen LogP contribution is -2.46. The number of aryl methyl sites for hydroxylation is 1. The highest BCUT2D eigenvalue weighted by Gasteiger charge is 2.26. The minimum Gasteiger partial charge on any atom is -0.408 e. The highest BCUT2D eigenvalue weighted by Crippen LogP contribution is 2.26. The van der Waals surface area contributed by atoms with Gasteiger partial charge in [-0.15, -0.1) is 0 Å². The van der Waals surface area contributed by atoms with Crippen molar-refractivity contribution in [1.29, 1.82) is 5.26 Å². The predicted molar refractivity (Wildman–Crippen MR) is 124 cm³/mol. The first-order valence-corrected chi connectivity index (χ1v) is 11.0. The highest BCUT2D eigenvalue weighted by atomic mass is 19.1. The Morgan fingerprint density at radius 2 is 2.06 bits per heavy atom. The smallest absolute Gasteiger partial charge is 0.408 e. The van der Waals surface area contributed by atoms with Gasteiger partial charge in [0.2, 0.25) is 0 Å². The van der Waals surface area contributed by atoms with Crippen LogP contribution in [0.15, 0.2) is 45.6 Å². The lowest BCUT2D eigenvalue weighted by atomic mass is 10.00. The molecule has 3 atom stereocenters. The summed E-state index contributed by atoms with van der Waals surface area (Å²) in [5, 5.41) is 18.4. The summed E-state index contributed by atoms with van der Waals surface area (Å²) in [4.78, 5) is 24.3. The number of nitriles is 1. The van der Waals surface area contributed by atoms with Gasteiger partial charge in [0.05, 0.1) is 18.2 Å².